The molecule has 0 bridgehead atoms. The number of hydrogen-bond acceptors (Lipinski definition) is 3. The van der Waals surface area contributed by atoms with Gasteiger partial charge in [-0.05, 0) is 33.1 Å². The maximum Gasteiger partial charge on any atom is 0.191 e. The first-order valence-corrected chi connectivity index (χ1v) is 9.11. The monoisotopic (exact) mass is 436 g/mol. The van der Waals surface area contributed by atoms with Gasteiger partial charge in [0.25, 0.3) is 0 Å². The molecule has 4 nitrogen and oxygen atoms in total. The molecule has 126 valence electrons. The van der Waals surface area contributed by atoms with Crippen LogP contribution in [0.5, 0.6) is 0 Å². The molecule has 0 unspecified atom stereocenters. The number of halogens is 1. The molecule has 1 saturated carbocycles. The molecule has 1 aromatic heterocycles. The van der Waals surface area contributed by atoms with Crippen LogP contribution in [0, 0.1) is 6.92 Å². The van der Waals surface area contributed by atoms with Gasteiger partial charge in [-0.3, -0.25) is 4.99 Å². The topological polar surface area (TPSA) is 49.3 Å². The predicted molar refractivity (Wildman–Crippen MR) is 107 cm³/mol. The van der Waals surface area contributed by atoms with E-state index >= 15 is 0 Å². The lowest BCUT2D eigenvalue weighted by Crippen LogP contribution is -2.44. The molecular weight excluding hydrogens is 407 g/mol. The largest absolute Gasteiger partial charge is 0.357 e. The molecule has 1 heterocycles. The Kier molecular flexibility index (Phi) is 10.0. The molecule has 1 aromatic rings. The van der Waals surface area contributed by atoms with Crippen molar-refractivity contribution in [2.75, 3.05) is 13.1 Å². The summed E-state index contributed by atoms with van der Waals surface area (Å²) in [5.74, 6) is 0.986. The van der Waals surface area contributed by atoms with Crippen molar-refractivity contribution in [2.45, 2.75) is 64.8 Å². The second-order valence-electron chi connectivity index (χ2n) is 5.73. The van der Waals surface area contributed by atoms with Crippen LogP contribution in [0.4, 0.5) is 0 Å². The summed E-state index contributed by atoms with van der Waals surface area (Å²) in [5.41, 5.74) is 1.13. The smallest absolute Gasteiger partial charge is 0.191 e. The molecule has 0 saturated heterocycles. The lowest BCUT2D eigenvalue weighted by molar-refractivity contribution is 0.410. The number of guanidine groups is 1. The van der Waals surface area contributed by atoms with Crippen molar-refractivity contribution in [1.82, 2.24) is 15.6 Å². The molecular formula is C16H29IN4S. The second-order valence-corrected chi connectivity index (χ2v) is 6.67. The van der Waals surface area contributed by atoms with Crippen LogP contribution in [-0.2, 0) is 6.42 Å². The third kappa shape index (κ3) is 7.26. The number of nitrogens with one attached hydrogen (secondary N) is 2. The molecule has 0 radical (unpaired) electrons. The van der Waals surface area contributed by atoms with Crippen molar-refractivity contribution >= 4 is 41.3 Å². The Morgan fingerprint density at radius 1 is 1.36 bits per heavy atom. The summed E-state index contributed by atoms with van der Waals surface area (Å²) in [6, 6.07) is 0.609. The van der Waals surface area contributed by atoms with E-state index in [0.29, 0.717) is 6.04 Å². The number of rotatable bonds is 6. The van der Waals surface area contributed by atoms with E-state index in [-0.39, 0.29) is 24.0 Å². The van der Waals surface area contributed by atoms with E-state index in [1.807, 2.05) is 0 Å². The van der Waals surface area contributed by atoms with Gasteiger partial charge in [0.2, 0.25) is 0 Å². The summed E-state index contributed by atoms with van der Waals surface area (Å²) >= 11 is 1.76. The second kappa shape index (κ2) is 11.2. The van der Waals surface area contributed by atoms with Gasteiger partial charge in [0.05, 0.1) is 5.01 Å². The SMILES string of the molecule is CCNC(=NCCCc1nc(C)cs1)NC1CCCCC1.I. The van der Waals surface area contributed by atoms with Crippen LogP contribution in [0.3, 0.4) is 0 Å². The third-order valence-corrected chi connectivity index (χ3v) is 4.80. The number of aryl methyl sites for hydroxylation is 2. The van der Waals surface area contributed by atoms with Gasteiger partial charge in [-0.2, -0.15) is 0 Å². The first-order valence-electron chi connectivity index (χ1n) is 8.23. The van der Waals surface area contributed by atoms with Crippen LogP contribution < -0.4 is 10.6 Å². The molecule has 0 aliphatic heterocycles. The quantitative estimate of drug-likeness (QED) is 0.308. The van der Waals surface area contributed by atoms with Crippen LogP contribution in [0.1, 0.15) is 56.2 Å². The van der Waals surface area contributed by atoms with E-state index in [9.17, 15) is 0 Å². The highest BCUT2D eigenvalue weighted by Gasteiger charge is 2.14. The van der Waals surface area contributed by atoms with Crippen molar-refractivity contribution in [3.8, 4) is 0 Å². The van der Waals surface area contributed by atoms with Crippen LogP contribution in [0.2, 0.25) is 0 Å². The number of aliphatic imine (C=N–C) groups is 1. The number of aromatic nitrogens is 1. The Morgan fingerprint density at radius 3 is 2.77 bits per heavy atom. The zero-order valence-electron chi connectivity index (χ0n) is 13.7. The Morgan fingerprint density at radius 2 is 2.14 bits per heavy atom. The Bertz CT molecular complexity index is 441. The summed E-state index contributed by atoms with van der Waals surface area (Å²) in [7, 11) is 0. The van der Waals surface area contributed by atoms with E-state index in [2.05, 4.69) is 34.8 Å². The number of hydrogen-bond donors (Lipinski definition) is 2. The molecule has 0 aromatic carbocycles. The summed E-state index contributed by atoms with van der Waals surface area (Å²) in [6.07, 6.45) is 8.74. The van der Waals surface area contributed by atoms with Crippen molar-refractivity contribution in [2.24, 2.45) is 4.99 Å². The van der Waals surface area contributed by atoms with Crippen molar-refractivity contribution in [3.05, 3.63) is 16.1 Å². The van der Waals surface area contributed by atoms with Gasteiger partial charge in [-0.25, -0.2) is 4.98 Å². The third-order valence-electron chi connectivity index (χ3n) is 3.78. The highest BCUT2D eigenvalue weighted by Crippen LogP contribution is 2.17. The van der Waals surface area contributed by atoms with Crippen LogP contribution in [0.15, 0.2) is 10.4 Å². The molecule has 6 heteroatoms. The Balaban J connectivity index is 0.00000242. The first-order chi connectivity index (χ1) is 10.3. The molecule has 22 heavy (non-hydrogen) atoms. The maximum absolute atomic E-state index is 4.70. The van der Waals surface area contributed by atoms with Gasteiger partial charge in [0.1, 0.15) is 0 Å². The molecule has 1 fully saturated rings. The van der Waals surface area contributed by atoms with Crippen molar-refractivity contribution in [3.63, 3.8) is 0 Å². The van der Waals surface area contributed by atoms with Crippen molar-refractivity contribution < 1.29 is 0 Å². The molecule has 0 spiro atoms. The average Bonchev–Trinajstić information content (AvgIpc) is 2.90. The molecule has 2 N–H and O–H groups in total. The molecule has 2 rings (SSSR count). The summed E-state index contributed by atoms with van der Waals surface area (Å²) in [5, 5.41) is 10.3. The van der Waals surface area contributed by atoms with E-state index < -0.39 is 0 Å². The minimum Gasteiger partial charge on any atom is -0.357 e. The first kappa shape index (κ1) is 19.7. The van der Waals surface area contributed by atoms with Gasteiger partial charge in [0, 0.05) is 36.6 Å². The Hall–Kier alpha value is -0.370. The van der Waals surface area contributed by atoms with E-state index in [1.165, 1.54) is 37.1 Å². The molecule has 0 amide bonds. The van der Waals surface area contributed by atoms with Gasteiger partial charge in [-0.1, -0.05) is 19.3 Å². The average molecular weight is 436 g/mol. The van der Waals surface area contributed by atoms with Gasteiger partial charge >= 0.3 is 0 Å². The van der Waals surface area contributed by atoms with Crippen LogP contribution in [0.25, 0.3) is 0 Å². The molecule has 1 aliphatic rings. The summed E-state index contributed by atoms with van der Waals surface area (Å²) < 4.78 is 0. The standard InChI is InChI=1S/C16H28N4S.HI/c1-3-17-16(20-14-8-5-4-6-9-14)18-11-7-10-15-19-13(2)12-21-15;/h12,14H,3-11H2,1-2H3,(H2,17,18,20);1H. The lowest BCUT2D eigenvalue weighted by Gasteiger charge is -2.24. The van der Waals surface area contributed by atoms with Gasteiger partial charge in [-0.15, -0.1) is 35.3 Å². The minimum absolute atomic E-state index is 0. The van der Waals surface area contributed by atoms with Crippen LogP contribution >= 0.6 is 35.3 Å². The fourth-order valence-corrected chi connectivity index (χ4v) is 3.52. The highest BCUT2D eigenvalue weighted by molar-refractivity contribution is 14.0. The minimum atomic E-state index is 0. The summed E-state index contributed by atoms with van der Waals surface area (Å²) in [4.78, 5) is 9.20. The maximum atomic E-state index is 4.70. The highest BCUT2D eigenvalue weighted by atomic mass is 127. The number of nitrogens with zero attached hydrogens (tertiary/aromatic N) is 2. The predicted octanol–water partition coefficient (Wildman–Crippen LogP) is 3.89. The number of thiazole rings is 1. The fourth-order valence-electron chi connectivity index (χ4n) is 2.70. The van der Waals surface area contributed by atoms with E-state index in [0.717, 1.165) is 37.6 Å². The zero-order valence-corrected chi connectivity index (χ0v) is 16.9. The molecule has 1 aliphatic carbocycles. The summed E-state index contributed by atoms with van der Waals surface area (Å²) in [6.45, 7) is 5.96. The van der Waals surface area contributed by atoms with Gasteiger partial charge in [0.15, 0.2) is 5.96 Å². The van der Waals surface area contributed by atoms with Crippen LogP contribution in [-0.4, -0.2) is 30.1 Å². The van der Waals surface area contributed by atoms with E-state index in [4.69, 9.17) is 4.99 Å². The Labute approximate surface area is 155 Å². The van der Waals surface area contributed by atoms with Gasteiger partial charge < -0.3 is 10.6 Å². The fraction of sp³-hybridized carbons (Fsp3) is 0.750. The van der Waals surface area contributed by atoms with Crippen molar-refractivity contribution in [1.29, 1.82) is 0 Å². The van der Waals surface area contributed by atoms with E-state index in [1.54, 1.807) is 11.3 Å². The zero-order chi connectivity index (χ0) is 14.9. The normalized spacial score (nSPS) is 16.2. The lowest BCUT2D eigenvalue weighted by atomic mass is 9.96. The molecule has 0 atom stereocenters.